The van der Waals surface area contributed by atoms with E-state index in [-0.39, 0.29) is 0 Å². The predicted molar refractivity (Wildman–Crippen MR) is 116 cm³/mol. The van der Waals surface area contributed by atoms with Crippen LogP contribution in [0.25, 0.3) is 0 Å². The van der Waals surface area contributed by atoms with Crippen molar-refractivity contribution >= 4 is 12.6 Å². The zero-order valence-corrected chi connectivity index (χ0v) is 17.7. The summed E-state index contributed by atoms with van der Waals surface area (Å²) in [5.74, 6) is 5.54. The molecule has 29 heavy (non-hydrogen) atoms. The van der Waals surface area contributed by atoms with Gasteiger partial charge in [-0.05, 0) is 140 Å². The topological polar surface area (TPSA) is 40.5 Å². The molecule has 0 amide bonds. The van der Waals surface area contributed by atoms with Gasteiger partial charge in [-0.25, -0.2) is 0 Å². The number of benzene rings is 1. The monoisotopic (exact) mass is 390 g/mol. The minimum atomic E-state index is -1.34. The van der Waals surface area contributed by atoms with Crippen molar-refractivity contribution in [3.8, 4) is 0 Å². The summed E-state index contributed by atoms with van der Waals surface area (Å²) in [4.78, 5) is 0. The van der Waals surface area contributed by atoms with E-state index in [0.717, 1.165) is 41.0 Å². The Morgan fingerprint density at radius 1 is 0.552 bits per heavy atom. The van der Waals surface area contributed by atoms with E-state index >= 15 is 0 Å². The van der Waals surface area contributed by atoms with Crippen molar-refractivity contribution in [3.63, 3.8) is 0 Å². The third kappa shape index (κ3) is 2.62. The standard InChI is InChI=1S/C26H35BO2/c28-27(29)24-8-22(25-10-16-1-17(11-25)3-18(2-16)12-25)7-23(9-24)26-13-19-4-20(14-26)6-21(5-19)15-26/h7-9,16-21,28-29H,1-6,10-15H2. The van der Waals surface area contributed by atoms with Gasteiger partial charge in [0.05, 0.1) is 0 Å². The molecular weight excluding hydrogens is 355 g/mol. The lowest BCUT2D eigenvalue weighted by molar-refractivity contribution is -0.00830. The first kappa shape index (κ1) is 17.8. The van der Waals surface area contributed by atoms with Gasteiger partial charge in [-0.1, -0.05) is 18.2 Å². The summed E-state index contributed by atoms with van der Waals surface area (Å²) in [6, 6.07) is 6.98. The Morgan fingerprint density at radius 3 is 1.14 bits per heavy atom. The molecule has 8 saturated carbocycles. The van der Waals surface area contributed by atoms with Crippen LogP contribution in [-0.2, 0) is 10.8 Å². The lowest BCUT2D eigenvalue weighted by atomic mass is 9.46. The van der Waals surface area contributed by atoms with Crippen LogP contribution < -0.4 is 5.46 Å². The van der Waals surface area contributed by atoms with Crippen LogP contribution in [0.3, 0.4) is 0 Å². The van der Waals surface area contributed by atoms with Crippen LogP contribution in [0.4, 0.5) is 0 Å². The molecule has 0 unspecified atom stereocenters. The maximum Gasteiger partial charge on any atom is 0.488 e. The maximum absolute atomic E-state index is 10.2. The van der Waals surface area contributed by atoms with Gasteiger partial charge >= 0.3 is 7.12 Å². The molecule has 0 aliphatic heterocycles. The van der Waals surface area contributed by atoms with Crippen molar-refractivity contribution in [2.75, 3.05) is 0 Å². The van der Waals surface area contributed by atoms with Gasteiger partial charge in [-0.15, -0.1) is 0 Å². The lowest BCUT2D eigenvalue weighted by Gasteiger charge is -2.58. The van der Waals surface area contributed by atoms with E-state index in [0.29, 0.717) is 10.8 Å². The lowest BCUT2D eigenvalue weighted by Crippen LogP contribution is -2.50. The molecule has 8 aliphatic rings. The van der Waals surface area contributed by atoms with Gasteiger partial charge in [0.2, 0.25) is 0 Å². The van der Waals surface area contributed by atoms with E-state index in [1.807, 2.05) is 0 Å². The molecule has 0 spiro atoms. The van der Waals surface area contributed by atoms with E-state index in [2.05, 4.69) is 18.2 Å². The second-order valence-electron chi connectivity index (χ2n) is 12.6. The molecule has 0 atom stereocenters. The summed E-state index contributed by atoms with van der Waals surface area (Å²) in [7, 11) is -1.34. The van der Waals surface area contributed by atoms with Crippen molar-refractivity contribution in [2.45, 2.75) is 87.9 Å². The van der Waals surface area contributed by atoms with E-state index < -0.39 is 7.12 Å². The summed E-state index contributed by atoms with van der Waals surface area (Å²) >= 11 is 0. The second kappa shape index (κ2) is 5.91. The average Bonchev–Trinajstić information content (AvgIpc) is 2.65. The SMILES string of the molecule is OB(O)c1cc(C23CC4CC(CC(C4)C2)C3)cc(C23CC4CC(CC(C4)C2)C3)c1. The van der Waals surface area contributed by atoms with Crippen molar-refractivity contribution < 1.29 is 10.0 Å². The molecule has 0 saturated heterocycles. The van der Waals surface area contributed by atoms with Gasteiger partial charge in [-0.2, -0.15) is 0 Å². The molecule has 9 rings (SSSR count). The van der Waals surface area contributed by atoms with Crippen molar-refractivity contribution in [2.24, 2.45) is 35.5 Å². The molecule has 2 N–H and O–H groups in total. The zero-order chi connectivity index (χ0) is 19.4. The summed E-state index contributed by atoms with van der Waals surface area (Å²) in [5, 5.41) is 20.4. The van der Waals surface area contributed by atoms with E-state index in [1.54, 1.807) is 0 Å². The van der Waals surface area contributed by atoms with Crippen molar-refractivity contribution in [1.29, 1.82) is 0 Å². The molecular formula is C26H35BO2. The molecule has 8 bridgehead atoms. The Labute approximate surface area is 175 Å². The van der Waals surface area contributed by atoms with Crippen LogP contribution in [0, 0.1) is 35.5 Å². The highest BCUT2D eigenvalue weighted by Gasteiger charge is 2.54. The third-order valence-electron chi connectivity index (χ3n) is 10.6. The maximum atomic E-state index is 10.2. The Kier molecular flexibility index (Phi) is 3.64. The van der Waals surface area contributed by atoms with Crippen molar-refractivity contribution in [3.05, 3.63) is 29.3 Å². The quantitative estimate of drug-likeness (QED) is 0.756. The van der Waals surface area contributed by atoms with Gasteiger partial charge in [0.25, 0.3) is 0 Å². The summed E-state index contributed by atoms with van der Waals surface area (Å²) in [5.41, 5.74) is 4.39. The fourth-order valence-corrected chi connectivity index (χ4v) is 10.3. The molecule has 3 heteroatoms. The third-order valence-corrected chi connectivity index (χ3v) is 10.6. The van der Waals surface area contributed by atoms with Crippen molar-refractivity contribution in [1.82, 2.24) is 0 Å². The fraction of sp³-hybridized carbons (Fsp3) is 0.769. The second-order valence-corrected chi connectivity index (χ2v) is 12.6. The van der Waals surface area contributed by atoms with Crippen LogP contribution in [-0.4, -0.2) is 17.2 Å². The molecule has 1 aromatic carbocycles. The smallest absolute Gasteiger partial charge is 0.423 e. The van der Waals surface area contributed by atoms with Gasteiger partial charge in [0.1, 0.15) is 0 Å². The Morgan fingerprint density at radius 2 is 0.862 bits per heavy atom. The molecule has 8 aliphatic carbocycles. The largest absolute Gasteiger partial charge is 0.488 e. The first-order valence-corrected chi connectivity index (χ1v) is 12.5. The normalized spacial score (nSPS) is 49.0. The van der Waals surface area contributed by atoms with E-state index in [1.165, 1.54) is 88.2 Å². The highest BCUT2D eigenvalue weighted by molar-refractivity contribution is 6.58. The van der Waals surface area contributed by atoms with Crippen LogP contribution in [0.15, 0.2) is 18.2 Å². The van der Waals surface area contributed by atoms with Gasteiger partial charge < -0.3 is 10.0 Å². The number of rotatable bonds is 3. The zero-order valence-electron chi connectivity index (χ0n) is 17.7. The molecule has 2 nitrogen and oxygen atoms in total. The highest BCUT2D eigenvalue weighted by atomic mass is 16.4. The predicted octanol–water partition coefficient (Wildman–Crippen LogP) is 4.30. The Balaban J connectivity index is 1.34. The van der Waals surface area contributed by atoms with Gasteiger partial charge in [-0.3, -0.25) is 0 Å². The fourth-order valence-electron chi connectivity index (χ4n) is 10.3. The first-order chi connectivity index (χ1) is 14.0. The molecule has 0 aromatic heterocycles. The van der Waals surface area contributed by atoms with Crippen LogP contribution in [0.1, 0.15) is 88.2 Å². The highest BCUT2D eigenvalue weighted by Crippen LogP contribution is 2.63. The van der Waals surface area contributed by atoms with E-state index in [9.17, 15) is 10.0 Å². The molecule has 154 valence electrons. The summed E-state index contributed by atoms with van der Waals surface area (Å²) in [6.07, 6.45) is 16.9. The van der Waals surface area contributed by atoms with Crippen LogP contribution >= 0.6 is 0 Å². The Bertz CT molecular complexity index is 710. The average molecular weight is 390 g/mol. The minimum absolute atomic E-state index is 0.330. The molecule has 1 aromatic rings. The summed E-state index contributed by atoms with van der Waals surface area (Å²) < 4.78 is 0. The van der Waals surface area contributed by atoms with Crippen LogP contribution in [0.2, 0.25) is 0 Å². The number of hydrogen-bond acceptors (Lipinski definition) is 2. The summed E-state index contributed by atoms with van der Waals surface area (Å²) in [6.45, 7) is 0. The van der Waals surface area contributed by atoms with Gasteiger partial charge in [0, 0.05) is 0 Å². The number of hydrogen-bond donors (Lipinski definition) is 2. The molecule has 0 heterocycles. The molecule has 0 radical (unpaired) electrons. The Hall–Kier alpha value is -0.795. The minimum Gasteiger partial charge on any atom is -0.423 e. The van der Waals surface area contributed by atoms with E-state index in [4.69, 9.17) is 0 Å². The van der Waals surface area contributed by atoms with Gasteiger partial charge in [0.15, 0.2) is 0 Å². The first-order valence-electron chi connectivity index (χ1n) is 12.5. The molecule has 8 fully saturated rings. The van der Waals surface area contributed by atoms with Crippen LogP contribution in [0.5, 0.6) is 0 Å².